The summed E-state index contributed by atoms with van der Waals surface area (Å²) in [5.74, 6) is 0.685. The molecule has 0 spiro atoms. The van der Waals surface area contributed by atoms with E-state index < -0.39 is 9.84 Å². The van der Waals surface area contributed by atoms with Gasteiger partial charge in [0.2, 0.25) is 5.91 Å². The Morgan fingerprint density at radius 2 is 1.97 bits per heavy atom. The fourth-order valence-electron chi connectivity index (χ4n) is 4.33. The Morgan fingerprint density at radius 1 is 1.17 bits per heavy atom. The minimum Gasteiger partial charge on any atom is -0.335 e. The number of carbonyl (C=O) groups excluding carboxylic acids is 1. The van der Waals surface area contributed by atoms with Crippen molar-refractivity contribution in [3.05, 3.63) is 24.3 Å². The average Bonchev–Trinajstić information content (AvgIpc) is 3.39. The lowest BCUT2D eigenvalue weighted by Crippen LogP contribution is -2.43. The molecule has 2 fully saturated rings. The number of benzene rings is 1. The molecule has 30 heavy (non-hydrogen) atoms. The number of rotatable bonds is 10. The Balaban J connectivity index is 1.46. The van der Waals surface area contributed by atoms with Gasteiger partial charge >= 0.3 is 0 Å². The number of hydrogen-bond donors (Lipinski definition) is 0. The van der Waals surface area contributed by atoms with Crippen LogP contribution in [0.25, 0.3) is 11.0 Å². The van der Waals surface area contributed by atoms with Crippen LogP contribution < -0.4 is 0 Å². The molecule has 4 rings (SSSR count). The molecule has 8 heteroatoms. The maximum Gasteiger partial charge on any atom is 0.233 e. The average molecular weight is 450 g/mol. The number of fused-ring (bicyclic) bond motifs is 1. The summed E-state index contributed by atoms with van der Waals surface area (Å²) in [6, 6.07) is 8.21. The minimum atomic E-state index is -3.00. The van der Waals surface area contributed by atoms with Crippen molar-refractivity contribution < 1.29 is 13.2 Å². The van der Waals surface area contributed by atoms with Crippen LogP contribution in [0.1, 0.15) is 51.9 Å². The van der Waals surface area contributed by atoms with Crippen molar-refractivity contribution in [1.82, 2.24) is 14.5 Å². The molecule has 1 unspecified atom stereocenters. The predicted molar refractivity (Wildman–Crippen MR) is 122 cm³/mol. The minimum absolute atomic E-state index is 0.0502. The third-order valence-corrected chi connectivity index (χ3v) is 8.72. The normalized spacial score (nSPS) is 20.6. The quantitative estimate of drug-likeness (QED) is 0.406. The van der Waals surface area contributed by atoms with Gasteiger partial charge in [0, 0.05) is 18.6 Å². The van der Waals surface area contributed by atoms with Crippen LogP contribution in [0.4, 0.5) is 0 Å². The largest absolute Gasteiger partial charge is 0.335 e. The number of sulfone groups is 1. The van der Waals surface area contributed by atoms with E-state index in [4.69, 9.17) is 4.98 Å². The molecule has 164 valence electrons. The molecule has 0 N–H and O–H groups in total. The number of hydrogen-bond acceptors (Lipinski definition) is 5. The maximum atomic E-state index is 13.1. The van der Waals surface area contributed by atoms with Gasteiger partial charge in [-0.05, 0) is 37.8 Å². The Kier molecular flexibility index (Phi) is 6.72. The number of amides is 1. The molecule has 1 atom stereocenters. The standard InChI is InChI=1S/C22H31N3O3S2/c1-2-3-4-7-13-24-20-9-6-5-8-19(20)23-22(24)29-15-21(26)25(17-10-11-17)18-12-14-30(27,28)16-18/h5-6,8-9,17-18H,2-4,7,10-16H2,1H3. The lowest BCUT2D eigenvalue weighted by Gasteiger charge is -2.28. The fourth-order valence-corrected chi connectivity index (χ4v) is 6.95. The number of nitrogens with zero attached hydrogens (tertiary/aromatic N) is 3. The first-order chi connectivity index (χ1) is 14.5. The van der Waals surface area contributed by atoms with Crippen LogP contribution in [0.5, 0.6) is 0 Å². The highest BCUT2D eigenvalue weighted by Gasteiger charge is 2.42. The summed E-state index contributed by atoms with van der Waals surface area (Å²) >= 11 is 1.49. The summed E-state index contributed by atoms with van der Waals surface area (Å²) in [4.78, 5) is 19.8. The summed E-state index contributed by atoms with van der Waals surface area (Å²) in [6.07, 6.45) is 7.28. The SMILES string of the molecule is CCCCCCn1c(SCC(=O)N(C2CC2)C2CCS(=O)(=O)C2)nc2ccccc21. The topological polar surface area (TPSA) is 72.3 Å². The second-order valence-electron chi connectivity index (χ2n) is 8.47. The molecule has 1 saturated heterocycles. The van der Waals surface area contributed by atoms with Gasteiger partial charge < -0.3 is 9.47 Å². The molecule has 1 aromatic heterocycles. The summed E-state index contributed by atoms with van der Waals surface area (Å²) < 4.78 is 26.1. The summed E-state index contributed by atoms with van der Waals surface area (Å²) in [5, 5.41) is 0.885. The number of para-hydroxylation sites is 2. The van der Waals surface area contributed by atoms with E-state index in [0.717, 1.165) is 42.0 Å². The molecule has 2 aliphatic rings. The van der Waals surface area contributed by atoms with Crippen molar-refractivity contribution in [2.75, 3.05) is 17.3 Å². The van der Waals surface area contributed by atoms with E-state index in [1.165, 1.54) is 31.0 Å². The van der Waals surface area contributed by atoms with Gasteiger partial charge in [-0.3, -0.25) is 4.79 Å². The van der Waals surface area contributed by atoms with E-state index in [2.05, 4.69) is 17.6 Å². The number of carbonyl (C=O) groups is 1. The Bertz CT molecular complexity index is 998. The number of aromatic nitrogens is 2. The molecule has 6 nitrogen and oxygen atoms in total. The fraction of sp³-hybridized carbons (Fsp3) is 0.636. The van der Waals surface area contributed by atoms with E-state index >= 15 is 0 Å². The second-order valence-corrected chi connectivity index (χ2v) is 11.6. The van der Waals surface area contributed by atoms with Crippen molar-refractivity contribution in [2.45, 2.75) is 75.7 Å². The lowest BCUT2D eigenvalue weighted by molar-refractivity contribution is -0.130. The van der Waals surface area contributed by atoms with Crippen molar-refractivity contribution in [1.29, 1.82) is 0 Å². The number of aryl methyl sites for hydroxylation is 1. The summed E-state index contributed by atoms with van der Waals surface area (Å²) in [5.41, 5.74) is 2.08. The van der Waals surface area contributed by atoms with Gasteiger partial charge in [-0.1, -0.05) is 50.1 Å². The molecule has 1 saturated carbocycles. The molecule has 1 aliphatic carbocycles. The molecule has 2 aromatic rings. The zero-order chi connectivity index (χ0) is 21.1. The van der Waals surface area contributed by atoms with Crippen LogP contribution in [0.2, 0.25) is 0 Å². The Hall–Kier alpha value is -1.54. The Morgan fingerprint density at radius 3 is 2.67 bits per heavy atom. The summed E-state index contributed by atoms with van der Waals surface area (Å²) in [7, 11) is -3.00. The highest BCUT2D eigenvalue weighted by Crippen LogP contribution is 2.33. The zero-order valence-corrected chi connectivity index (χ0v) is 19.3. The molecular formula is C22H31N3O3S2. The maximum absolute atomic E-state index is 13.1. The van der Waals surface area contributed by atoms with Crippen molar-refractivity contribution in [3.63, 3.8) is 0 Å². The number of imidazole rings is 1. The monoisotopic (exact) mass is 449 g/mol. The number of unbranched alkanes of at least 4 members (excludes halogenated alkanes) is 3. The third-order valence-electron chi connectivity index (χ3n) is 6.01. The summed E-state index contributed by atoms with van der Waals surface area (Å²) in [6.45, 7) is 3.12. The van der Waals surface area contributed by atoms with Gasteiger partial charge in [0.05, 0.1) is 28.3 Å². The molecule has 1 aromatic carbocycles. The van der Waals surface area contributed by atoms with Gasteiger partial charge in [-0.15, -0.1) is 0 Å². The molecule has 0 bridgehead atoms. The molecular weight excluding hydrogens is 418 g/mol. The smallest absolute Gasteiger partial charge is 0.233 e. The van der Waals surface area contributed by atoms with E-state index in [0.29, 0.717) is 12.2 Å². The van der Waals surface area contributed by atoms with E-state index in [9.17, 15) is 13.2 Å². The lowest BCUT2D eigenvalue weighted by atomic mass is 10.2. The van der Waals surface area contributed by atoms with Crippen LogP contribution in [-0.4, -0.2) is 58.1 Å². The van der Waals surface area contributed by atoms with Crippen LogP contribution >= 0.6 is 11.8 Å². The molecule has 1 aliphatic heterocycles. The van der Waals surface area contributed by atoms with Crippen molar-refractivity contribution in [3.8, 4) is 0 Å². The van der Waals surface area contributed by atoms with Crippen molar-refractivity contribution >= 4 is 38.5 Å². The predicted octanol–water partition coefficient (Wildman–Crippen LogP) is 3.89. The van der Waals surface area contributed by atoms with E-state index in [-0.39, 0.29) is 29.5 Å². The van der Waals surface area contributed by atoms with Gasteiger partial charge in [0.25, 0.3) is 0 Å². The zero-order valence-electron chi connectivity index (χ0n) is 17.6. The van der Waals surface area contributed by atoms with Gasteiger partial charge in [0.15, 0.2) is 15.0 Å². The highest BCUT2D eigenvalue weighted by atomic mass is 32.2. The second kappa shape index (κ2) is 9.30. The van der Waals surface area contributed by atoms with E-state index in [1.54, 1.807) is 0 Å². The highest BCUT2D eigenvalue weighted by molar-refractivity contribution is 7.99. The van der Waals surface area contributed by atoms with Crippen LogP contribution in [0.3, 0.4) is 0 Å². The first kappa shape index (κ1) is 21.7. The third kappa shape index (κ3) is 5.02. The van der Waals surface area contributed by atoms with Gasteiger partial charge in [-0.2, -0.15) is 0 Å². The van der Waals surface area contributed by atoms with Gasteiger partial charge in [0.1, 0.15) is 0 Å². The van der Waals surface area contributed by atoms with Gasteiger partial charge in [-0.25, -0.2) is 13.4 Å². The first-order valence-electron chi connectivity index (χ1n) is 11.1. The Labute approximate surface area is 183 Å². The van der Waals surface area contributed by atoms with Crippen LogP contribution in [-0.2, 0) is 21.2 Å². The van der Waals surface area contributed by atoms with Crippen LogP contribution in [0.15, 0.2) is 29.4 Å². The van der Waals surface area contributed by atoms with Crippen LogP contribution in [0, 0.1) is 0 Å². The number of thioether (sulfide) groups is 1. The van der Waals surface area contributed by atoms with E-state index in [1.807, 2.05) is 23.1 Å². The molecule has 0 radical (unpaired) electrons. The molecule has 1 amide bonds. The first-order valence-corrected chi connectivity index (χ1v) is 13.9. The van der Waals surface area contributed by atoms with Crippen molar-refractivity contribution in [2.24, 2.45) is 0 Å². The molecule has 2 heterocycles.